The van der Waals surface area contributed by atoms with Crippen molar-refractivity contribution in [2.75, 3.05) is 5.88 Å². The molecule has 0 spiro atoms. The molecule has 2 nitrogen and oxygen atoms in total. The summed E-state index contributed by atoms with van der Waals surface area (Å²) in [5.41, 5.74) is 1.79. The summed E-state index contributed by atoms with van der Waals surface area (Å²) >= 11 is 5.61. The van der Waals surface area contributed by atoms with Crippen molar-refractivity contribution in [3.8, 4) is 5.75 Å². The van der Waals surface area contributed by atoms with Gasteiger partial charge in [0.25, 0.3) is 0 Å². The molecule has 1 aliphatic heterocycles. The van der Waals surface area contributed by atoms with Crippen molar-refractivity contribution in [2.45, 2.75) is 45.1 Å². The maximum absolute atomic E-state index is 12.0. The van der Waals surface area contributed by atoms with Crippen LogP contribution in [0.15, 0.2) is 18.2 Å². The number of carbonyl (C=O) groups is 1. The summed E-state index contributed by atoms with van der Waals surface area (Å²) in [4.78, 5) is 12.0. The van der Waals surface area contributed by atoms with Crippen molar-refractivity contribution in [3.63, 3.8) is 0 Å². The van der Waals surface area contributed by atoms with E-state index in [-0.39, 0.29) is 11.4 Å². The third-order valence-corrected chi connectivity index (χ3v) is 3.44. The molecule has 0 amide bonds. The summed E-state index contributed by atoms with van der Waals surface area (Å²) in [7, 11) is 0. The quantitative estimate of drug-likeness (QED) is 0.458. The minimum Gasteiger partial charge on any atom is -0.487 e. The molecule has 1 heterocycles. The minimum absolute atomic E-state index is 0.150. The van der Waals surface area contributed by atoms with Gasteiger partial charge >= 0.3 is 0 Å². The number of benzene rings is 1. The van der Waals surface area contributed by atoms with Crippen LogP contribution in [0.5, 0.6) is 5.75 Å². The number of alkyl halides is 1. The predicted octanol–water partition coefficient (Wildman–Crippen LogP) is 3.99. The maximum atomic E-state index is 12.0. The lowest BCUT2D eigenvalue weighted by atomic mass is 9.98. The number of hydrogen-bond donors (Lipinski definition) is 0. The Morgan fingerprint density at radius 2 is 2.17 bits per heavy atom. The molecule has 0 saturated carbocycles. The molecular weight excluding hydrogens is 248 g/mol. The standard InChI is InChI=1S/C15H19ClO2/c1-15(2)10-12-9-11(6-7-14(12)18-15)13(17)5-3-4-8-16/h6-7,9H,3-5,8,10H2,1-2H3. The first-order valence-electron chi connectivity index (χ1n) is 6.43. The van der Waals surface area contributed by atoms with Gasteiger partial charge in [0.15, 0.2) is 5.78 Å². The van der Waals surface area contributed by atoms with Gasteiger partial charge in [-0.1, -0.05) is 0 Å². The molecule has 0 radical (unpaired) electrons. The van der Waals surface area contributed by atoms with Crippen LogP contribution in [-0.2, 0) is 6.42 Å². The second-order valence-corrected chi connectivity index (χ2v) is 5.81. The Morgan fingerprint density at radius 3 is 2.89 bits per heavy atom. The lowest BCUT2D eigenvalue weighted by Crippen LogP contribution is -2.24. The van der Waals surface area contributed by atoms with Gasteiger partial charge in [0, 0.05) is 24.3 Å². The molecule has 0 saturated heterocycles. The monoisotopic (exact) mass is 266 g/mol. The van der Waals surface area contributed by atoms with Gasteiger partial charge in [0.2, 0.25) is 0 Å². The van der Waals surface area contributed by atoms with Gasteiger partial charge < -0.3 is 4.74 Å². The Kier molecular flexibility index (Phi) is 3.96. The predicted molar refractivity (Wildman–Crippen MR) is 73.8 cm³/mol. The molecule has 1 aromatic rings. The van der Waals surface area contributed by atoms with Crippen molar-refractivity contribution in [1.29, 1.82) is 0 Å². The van der Waals surface area contributed by atoms with Crippen LogP contribution in [0.4, 0.5) is 0 Å². The van der Waals surface area contributed by atoms with E-state index < -0.39 is 0 Å². The highest BCUT2D eigenvalue weighted by Crippen LogP contribution is 2.35. The molecule has 0 fully saturated rings. The number of Topliss-reactive ketones (excluding diaryl/α,β-unsaturated/α-hetero) is 1. The fourth-order valence-corrected chi connectivity index (χ4v) is 2.50. The van der Waals surface area contributed by atoms with Gasteiger partial charge in [-0.2, -0.15) is 0 Å². The van der Waals surface area contributed by atoms with Crippen molar-refractivity contribution in [3.05, 3.63) is 29.3 Å². The number of unbranched alkanes of at least 4 members (excludes halogenated alkanes) is 1. The average Bonchev–Trinajstić information content (AvgIpc) is 2.61. The molecule has 0 aromatic heterocycles. The number of hydrogen-bond acceptors (Lipinski definition) is 2. The molecule has 18 heavy (non-hydrogen) atoms. The summed E-state index contributed by atoms with van der Waals surface area (Å²) in [6, 6.07) is 5.76. The summed E-state index contributed by atoms with van der Waals surface area (Å²) in [5, 5.41) is 0. The zero-order valence-electron chi connectivity index (χ0n) is 11.0. The van der Waals surface area contributed by atoms with E-state index in [4.69, 9.17) is 16.3 Å². The maximum Gasteiger partial charge on any atom is 0.162 e. The van der Waals surface area contributed by atoms with Crippen LogP contribution in [0.2, 0.25) is 0 Å². The van der Waals surface area contributed by atoms with E-state index in [1.54, 1.807) is 0 Å². The molecule has 0 atom stereocenters. The Bertz CT molecular complexity index is 452. The topological polar surface area (TPSA) is 26.3 Å². The van der Waals surface area contributed by atoms with Crippen molar-refractivity contribution in [2.24, 2.45) is 0 Å². The lowest BCUT2D eigenvalue weighted by Gasteiger charge is -2.16. The summed E-state index contributed by atoms with van der Waals surface area (Å²) in [5.74, 6) is 1.74. The first kappa shape index (κ1) is 13.4. The number of rotatable bonds is 5. The van der Waals surface area contributed by atoms with Crippen LogP contribution in [0, 0.1) is 0 Å². The lowest BCUT2D eigenvalue weighted by molar-refractivity contribution is 0.0980. The smallest absolute Gasteiger partial charge is 0.162 e. The van der Waals surface area contributed by atoms with Crippen LogP contribution in [-0.4, -0.2) is 17.3 Å². The highest BCUT2D eigenvalue weighted by molar-refractivity contribution is 6.17. The zero-order valence-corrected chi connectivity index (χ0v) is 11.7. The highest BCUT2D eigenvalue weighted by atomic mass is 35.5. The second kappa shape index (κ2) is 5.31. The van der Waals surface area contributed by atoms with E-state index in [9.17, 15) is 4.79 Å². The fraction of sp³-hybridized carbons (Fsp3) is 0.533. The molecule has 3 heteroatoms. The van der Waals surface area contributed by atoms with Gasteiger partial charge in [-0.15, -0.1) is 11.6 Å². The molecule has 0 aliphatic carbocycles. The molecular formula is C15H19ClO2. The van der Waals surface area contributed by atoms with Crippen molar-refractivity contribution >= 4 is 17.4 Å². The fourth-order valence-electron chi connectivity index (χ4n) is 2.31. The number of carbonyl (C=O) groups excluding carboxylic acids is 1. The van der Waals surface area contributed by atoms with E-state index in [0.29, 0.717) is 12.3 Å². The number of ketones is 1. The third kappa shape index (κ3) is 3.05. The molecule has 2 rings (SSSR count). The Morgan fingerprint density at radius 1 is 1.39 bits per heavy atom. The summed E-state index contributed by atoms with van der Waals surface area (Å²) in [6.07, 6.45) is 3.21. The number of fused-ring (bicyclic) bond motifs is 1. The van der Waals surface area contributed by atoms with Gasteiger partial charge in [-0.05, 0) is 50.5 Å². The van der Waals surface area contributed by atoms with E-state index in [1.165, 1.54) is 0 Å². The largest absolute Gasteiger partial charge is 0.487 e. The van der Waals surface area contributed by atoms with E-state index >= 15 is 0 Å². The number of halogens is 1. The van der Waals surface area contributed by atoms with Gasteiger partial charge in [0.05, 0.1) is 0 Å². The third-order valence-electron chi connectivity index (χ3n) is 3.17. The number of ether oxygens (including phenoxy) is 1. The normalized spacial score (nSPS) is 16.2. The molecule has 1 aromatic carbocycles. The van der Waals surface area contributed by atoms with E-state index in [2.05, 4.69) is 13.8 Å². The molecule has 0 bridgehead atoms. The first-order chi connectivity index (χ1) is 8.52. The van der Waals surface area contributed by atoms with Crippen molar-refractivity contribution < 1.29 is 9.53 Å². The average molecular weight is 267 g/mol. The summed E-state index contributed by atoms with van der Waals surface area (Å²) in [6.45, 7) is 4.13. The van der Waals surface area contributed by atoms with E-state index in [0.717, 1.165) is 36.1 Å². The van der Waals surface area contributed by atoms with Gasteiger partial charge in [0.1, 0.15) is 11.4 Å². The zero-order chi connectivity index (χ0) is 13.2. The molecule has 98 valence electrons. The SMILES string of the molecule is CC1(C)Cc2cc(C(=O)CCCCCl)ccc2O1. The molecule has 0 unspecified atom stereocenters. The van der Waals surface area contributed by atoms with Crippen LogP contribution < -0.4 is 4.74 Å². The highest BCUT2D eigenvalue weighted by Gasteiger charge is 2.30. The van der Waals surface area contributed by atoms with Crippen molar-refractivity contribution in [1.82, 2.24) is 0 Å². The Labute approximate surface area is 113 Å². The van der Waals surface area contributed by atoms with Crippen LogP contribution in [0.1, 0.15) is 49.0 Å². The van der Waals surface area contributed by atoms with Gasteiger partial charge in [-0.3, -0.25) is 4.79 Å². The molecule has 0 N–H and O–H groups in total. The first-order valence-corrected chi connectivity index (χ1v) is 6.96. The summed E-state index contributed by atoms with van der Waals surface area (Å²) < 4.78 is 5.80. The second-order valence-electron chi connectivity index (χ2n) is 5.43. The minimum atomic E-state index is -0.150. The van der Waals surface area contributed by atoms with Crippen LogP contribution >= 0.6 is 11.6 Å². The Balaban J connectivity index is 2.06. The molecule has 1 aliphatic rings. The Hall–Kier alpha value is -1.02. The van der Waals surface area contributed by atoms with E-state index in [1.807, 2.05) is 18.2 Å². The van der Waals surface area contributed by atoms with Crippen LogP contribution in [0.3, 0.4) is 0 Å². The van der Waals surface area contributed by atoms with Gasteiger partial charge in [-0.25, -0.2) is 0 Å². The van der Waals surface area contributed by atoms with Crippen LogP contribution in [0.25, 0.3) is 0 Å².